The summed E-state index contributed by atoms with van der Waals surface area (Å²) in [4.78, 5) is 27.1. The van der Waals surface area contributed by atoms with Crippen LogP contribution in [0.15, 0.2) is 40.9 Å². The number of aromatic amines is 1. The molecule has 0 amide bonds. The summed E-state index contributed by atoms with van der Waals surface area (Å²) in [6, 6.07) is 11.4. The van der Waals surface area contributed by atoms with Crippen molar-refractivity contribution in [2.24, 2.45) is 0 Å². The molecular formula is C21H20BrNO4. The minimum absolute atomic E-state index is 0.0875. The van der Waals surface area contributed by atoms with E-state index >= 15 is 0 Å². The summed E-state index contributed by atoms with van der Waals surface area (Å²) < 4.78 is 11.6. The zero-order chi connectivity index (χ0) is 19.6. The number of hydrogen-bond acceptors (Lipinski definition) is 4. The molecule has 1 N–H and O–H groups in total. The summed E-state index contributed by atoms with van der Waals surface area (Å²) in [7, 11) is 0. The van der Waals surface area contributed by atoms with E-state index in [1.165, 1.54) is 0 Å². The first-order valence-corrected chi connectivity index (χ1v) is 9.49. The number of carbonyl (C=O) groups is 2. The number of esters is 1. The van der Waals surface area contributed by atoms with Gasteiger partial charge < -0.3 is 14.5 Å². The smallest absolute Gasteiger partial charge is 0.355 e. The molecule has 0 aliphatic heterocycles. The van der Waals surface area contributed by atoms with Gasteiger partial charge in [0.25, 0.3) is 0 Å². The van der Waals surface area contributed by atoms with Crippen molar-refractivity contribution in [1.82, 2.24) is 4.98 Å². The molecule has 0 spiro atoms. The second-order valence-electron chi connectivity index (χ2n) is 6.29. The minimum Gasteiger partial charge on any atom is -0.491 e. The van der Waals surface area contributed by atoms with Crippen molar-refractivity contribution in [3.8, 4) is 16.9 Å². The molecule has 0 saturated heterocycles. The van der Waals surface area contributed by atoms with Crippen molar-refractivity contribution < 1.29 is 19.1 Å². The number of hydrogen-bond donors (Lipinski definition) is 1. The van der Waals surface area contributed by atoms with Crippen molar-refractivity contribution >= 4 is 39.1 Å². The first-order chi connectivity index (χ1) is 13.0. The topological polar surface area (TPSA) is 68.4 Å². The highest BCUT2D eigenvalue weighted by Gasteiger charge is 2.22. The molecule has 0 bridgehead atoms. The van der Waals surface area contributed by atoms with Crippen LogP contribution in [0.25, 0.3) is 22.0 Å². The van der Waals surface area contributed by atoms with Crippen LogP contribution in [0.4, 0.5) is 0 Å². The molecule has 0 saturated carbocycles. The van der Waals surface area contributed by atoms with Gasteiger partial charge in [-0.2, -0.15) is 0 Å². The van der Waals surface area contributed by atoms with E-state index in [4.69, 9.17) is 9.47 Å². The van der Waals surface area contributed by atoms with Crippen molar-refractivity contribution in [3.05, 3.63) is 52.1 Å². The number of fused-ring (bicyclic) bond motifs is 1. The summed E-state index contributed by atoms with van der Waals surface area (Å²) in [5.74, 6) is 0.229. The fraction of sp³-hybridized carbons (Fsp3) is 0.238. The average Bonchev–Trinajstić information content (AvgIpc) is 3.01. The van der Waals surface area contributed by atoms with Gasteiger partial charge >= 0.3 is 5.97 Å². The summed E-state index contributed by atoms with van der Waals surface area (Å²) in [6.45, 7) is 5.90. The van der Waals surface area contributed by atoms with Crippen LogP contribution in [0, 0.1) is 0 Å². The predicted octanol–water partition coefficient (Wildman–Crippen LogP) is 5.37. The molecule has 0 fully saturated rings. The lowest BCUT2D eigenvalue weighted by Crippen LogP contribution is -2.07. The number of aromatic nitrogens is 1. The number of rotatable bonds is 6. The molecule has 5 nitrogen and oxygen atoms in total. The van der Waals surface area contributed by atoms with Gasteiger partial charge in [-0.1, -0.05) is 28.1 Å². The highest BCUT2D eigenvalue weighted by atomic mass is 79.9. The lowest BCUT2D eigenvalue weighted by molar-refractivity contribution is 0.0518. The quantitative estimate of drug-likeness (QED) is 0.422. The number of H-pyrrole nitrogens is 1. The van der Waals surface area contributed by atoms with E-state index in [1.54, 1.807) is 6.92 Å². The van der Waals surface area contributed by atoms with Gasteiger partial charge in [0.1, 0.15) is 11.4 Å². The van der Waals surface area contributed by atoms with Gasteiger partial charge in [-0.3, -0.25) is 4.79 Å². The lowest BCUT2D eigenvalue weighted by atomic mass is 9.98. The molecule has 140 valence electrons. The Morgan fingerprint density at radius 2 is 1.89 bits per heavy atom. The van der Waals surface area contributed by atoms with Crippen molar-refractivity contribution in [3.63, 3.8) is 0 Å². The second-order valence-corrected chi connectivity index (χ2v) is 7.14. The Labute approximate surface area is 165 Å². The summed E-state index contributed by atoms with van der Waals surface area (Å²) >= 11 is 3.58. The molecule has 3 aromatic rings. The Kier molecular flexibility index (Phi) is 5.65. The maximum atomic E-state index is 12.2. The molecule has 0 aliphatic carbocycles. The van der Waals surface area contributed by atoms with E-state index in [2.05, 4.69) is 20.9 Å². The largest absolute Gasteiger partial charge is 0.491 e. The monoisotopic (exact) mass is 429 g/mol. The zero-order valence-corrected chi connectivity index (χ0v) is 16.9. The first kappa shape index (κ1) is 19.2. The molecule has 1 heterocycles. The van der Waals surface area contributed by atoms with E-state index in [-0.39, 0.29) is 18.4 Å². The van der Waals surface area contributed by atoms with Crippen LogP contribution < -0.4 is 4.74 Å². The normalized spacial score (nSPS) is 11.0. The van der Waals surface area contributed by atoms with Crippen molar-refractivity contribution in [1.29, 1.82) is 0 Å². The number of benzene rings is 2. The van der Waals surface area contributed by atoms with E-state index in [0.29, 0.717) is 22.8 Å². The molecule has 3 rings (SSSR count). The molecular weight excluding hydrogens is 410 g/mol. The number of aldehydes is 1. The molecule has 27 heavy (non-hydrogen) atoms. The van der Waals surface area contributed by atoms with Gasteiger partial charge in [-0.05, 0) is 50.6 Å². The van der Waals surface area contributed by atoms with E-state index in [0.717, 1.165) is 21.3 Å². The highest BCUT2D eigenvalue weighted by molar-refractivity contribution is 9.10. The third-order valence-electron chi connectivity index (χ3n) is 4.07. The summed E-state index contributed by atoms with van der Waals surface area (Å²) in [5.41, 5.74) is 2.89. The van der Waals surface area contributed by atoms with E-state index < -0.39 is 5.97 Å². The minimum atomic E-state index is -0.543. The van der Waals surface area contributed by atoms with Crippen LogP contribution >= 0.6 is 15.9 Å². The molecule has 0 aliphatic rings. The van der Waals surface area contributed by atoms with Crippen LogP contribution in [-0.2, 0) is 4.74 Å². The Morgan fingerprint density at radius 1 is 1.19 bits per heavy atom. The molecule has 0 unspecified atom stereocenters. The van der Waals surface area contributed by atoms with Crippen molar-refractivity contribution in [2.75, 3.05) is 6.61 Å². The standard InChI is InChI=1S/C21H20BrNO4/c1-4-26-21(25)20-15(11-24)19-17(23-20)10-9-16(22)18(19)13-5-7-14(8-6-13)27-12(2)3/h5-12,23H,4H2,1-3H3. The molecule has 2 aromatic carbocycles. The van der Waals surface area contributed by atoms with Crippen LogP contribution in [-0.4, -0.2) is 30.0 Å². The van der Waals surface area contributed by atoms with E-state index in [1.807, 2.05) is 50.2 Å². The fourth-order valence-corrected chi connectivity index (χ4v) is 3.58. The van der Waals surface area contributed by atoms with Gasteiger partial charge in [0.2, 0.25) is 0 Å². The molecule has 0 radical (unpaired) electrons. The Hall–Kier alpha value is -2.60. The maximum Gasteiger partial charge on any atom is 0.355 e. The number of halogens is 1. The van der Waals surface area contributed by atoms with Crippen molar-refractivity contribution in [2.45, 2.75) is 26.9 Å². The molecule has 1 aromatic heterocycles. The molecule has 6 heteroatoms. The Bertz CT molecular complexity index is 990. The van der Waals surface area contributed by atoms with Gasteiger partial charge in [0, 0.05) is 20.9 Å². The van der Waals surface area contributed by atoms with Gasteiger partial charge in [0.15, 0.2) is 6.29 Å². The highest BCUT2D eigenvalue weighted by Crippen LogP contribution is 2.38. The number of nitrogens with one attached hydrogen (secondary N) is 1. The van der Waals surface area contributed by atoms with Crippen LogP contribution in [0.3, 0.4) is 0 Å². The molecule has 0 atom stereocenters. The Morgan fingerprint density at radius 3 is 2.48 bits per heavy atom. The van der Waals surface area contributed by atoms with Gasteiger partial charge in [-0.25, -0.2) is 4.79 Å². The number of carbonyl (C=O) groups excluding carboxylic acids is 2. The van der Waals surface area contributed by atoms with Crippen LogP contribution in [0.5, 0.6) is 5.75 Å². The zero-order valence-electron chi connectivity index (χ0n) is 15.3. The summed E-state index contributed by atoms with van der Waals surface area (Å²) in [6.07, 6.45) is 0.779. The number of ether oxygens (including phenoxy) is 2. The third-order valence-corrected chi connectivity index (χ3v) is 4.73. The van der Waals surface area contributed by atoms with Crippen LogP contribution in [0.2, 0.25) is 0 Å². The average molecular weight is 430 g/mol. The lowest BCUT2D eigenvalue weighted by Gasteiger charge is -2.12. The third kappa shape index (κ3) is 3.76. The van der Waals surface area contributed by atoms with Gasteiger partial charge in [-0.15, -0.1) is 0 Å². The Balaban J connectivity index is 2.19. The maximum absolute atomic E-state index is 12.2. The predicted molar refractivity (Wildman–Crippen MR) is 109 cm³/mol. The fourth-order valence-electron chi connectivity index (χ4n) is 3.02. The summed E-state index contributed by atoms with van der Waals surface area (Å²) in [5, 5.41) is 0.681. The second kappa shape index (κ2) is 7.96. The first-order valence-electron chi connectivity index (χ1n) is 8.69. The van der Waals surface area contributed by atoms with E-state index in [9.17, 15) is 9.59 Å². The SMILES string of the molecule is CCOC(=O)c1[nH]c2ccc(Br)c(-c3ccc(OC(C)C)cc3)c2c1C=O. The van der Waals surface area contributed by atoms with Crippen LogP contribution in [0.1, 0.15) is 41.6 Å². The van der Waals surface area contributed by atoms with Gasteiger partial charge in [0.05, 0.1) is 18.3 Å².